The molecule has 0 bridgehead atoms. The molecular weight excluding hydrogens is 434 g/mol. The number of aromatic nitrogens is 2. The topological polar surface area (TPSA) is 106 Å². The Labute approximate surface area is 194 Å². The number of hydrogen-bond acceptors (Lipinski definition) is 4. The molecule has 0 unspecified atom stereocenters. The van der Waals surface area contributed by atoms with Crippen molar-refractivity contribution in [3.8, 4) is 0 Å². The lowest BCUT2D eigenvalue weighted by atomic mass is 9.99. The first kappa shape index (κ1) is 21.1. The number of nitrogens with two attached hydrogens (primary N) is 1. The largest absolute Gasteiger partial charge is 0.379 e. The van der Waals surface area contributed by atoms with Gasteiger partial charge in [0.1, 0.15) is 0 Å². The van der Waals surface area contributed by atoms with Gasteiger partial charge in [-0.2, -0.15) is 0 Å². The second-order valence-electron chi connectivity index (χ2n) is 8.00. The summed E-state index contributed by atoms with van der Waals surface area (Å²) < 4.78 is 4.06. The van der Waals surface area contributed by atoms with Crippen LogP contribution in [-0.2, 0) is 23.2 Å². The number of thioether (sulfide) groups is 1. The van der Waals surface area contributed by atoms with Crippen molar-refractivity contribution in [3.63, 3.8) is 0 Å². The zero-order chi connectivity index (χ0) is 23.1. The highest BCUT2D eigenvalue weighted by Crippen LogP contribution is 2.37. The van der Waals surface area contributed by atoms with Crippen molar-refractivity contribution in [1.29, 1.82) is 5.41 Å². The number of fused-ring (bicyclic) bond motifs is 2. The van der Waals surface area contributed by atoms with E-state index in [4.69, 9.17) is 11.1 Å². The highest BCUT2D eigenvalue weighted by atomic mass is 32.2. The van der Waals surface area contributed by atoms with E-state index in [0.29, 0.717) is 23.4 Å². The molecule has 0 saturated carbocycles. The normalized spacial score (nSPS) is 14.0. The molecule has 2 aromatic heterocycles. The standard InChI is InChI=1S/C25H23N5O2S/c1-29-18-9-4-2-7-15(18)13-20(29)22-21(23(31)28-24(22)32)17-14-30(11-6-12-33-25(26)27)19-10-5-3-8-16(17)19/h2-5,7-10,13-14H,6,11-12H2,1H3,(H3,26,27)(H,28,31,32). The van der Waals surface area contributed by atoms with Gasteiger partial charge in [0.25, 0.3) is 11.8 Å². The van der Waals surface area contributed by atoms with Crippen molar-refractivity contribution in [3.05, 3.63) is 72.1 Å². The van der Waals surface area contributed by atoms with E-state index in [-0.39, 0.29) is 17.0 Å². The number of para-hydroxylation sites is 2. The molecule has 0 radical (unpaired) electrons. The number of nitrogens with one attached hydrogen (secondary N) is 2. The third kappa shape index (κ3) is 3.62. The van der Waals surface area contributed by atoms with Crippen molar-refractivity contribution in [2.24, 2.45) is 12.8 Å². The van der Waals surface area contributed by atoms with Crippen LogP contribution in [0.25, 0.3) is 33.0 Å². The van der Waals surface area contributed by atoms with Crippen LogP contribution in [0.2, 0.25) is 0 Å². The van der Waals surface area contributed by atoms with E-state index in [1.807, 2.05) is 72.4 Å². The average Bonchev–Trinajstić information content (AvgIpc) is 3.42. The number of carbonyl (C=O) groups is 2. The van der Waals surface area contributed by atoms with Gasteiger partial charge in [0, 0.05) is 52.9 Å². The van der Waals surface area contributed by atoms with Gasteiger partial charge < -0.3 is 14.9 Å². The summed E-state index contributed by atoms with van der Waals surface area (Å²) in [6.07, 6.45) is 2.78. The summed E-state index contributed by atoms with van der Waals surface area (Å²) in [4.78, 5) is 26.0. The molecule has 166 valence electrons. The Bertz CT molecular complexity index is 1480. The number of aryl methyl sites for hydroxylation is 2. The van der Waals surface area contributed by atoms with Gasteiger partial charge in [-0.15, -0.1) is 0 Å². The maximum atomic E-state index is 13.0. The van der Waals surface area contributed by atoms with E-state index in [9.17, 15) is 9.59 Å². The molecule has 2 aromatic carbocycles. The molecular formula is C25H23N5O2S. The summed E-state index contributed by atoms with van der Waals surface area (Å²) >= 11 is 1.32. The van der Waals surface area contributed by atoms with Gasteiger partial charge >= 0.3 is 0 Å². The Kier molecular flexibility index (Phi) is 5.30. The minimum atomic E-state index is -0.379. The lowest BCUT2D eigenvalue weighted by Gasteiger charge is -2.06. The van der Waals surface area contributed by atoms with Crippen LogP contribution in [0.1, 0.15) is 17.7 Å². The highest BCUT2D eigenvalue weighted by Gasteiger charge is 2.35. The maximum absolute atomic E-state index is 13.0. The molecule has 8 heteroatoms. The molecule has 0 saturated heterocycles. The number of carbonyl (C=O) groups excluding carboxylic acids is 2. The minimum Gasteiger partial charge on any atom is -0.379 e. The Morgan fingerprint density at radius 3 is 2.48 bits per heavy atom. The van der Waals surface area contributed by atoms with Crippen LogP contribution >= 0.6 is 11.8 Å². The molecule has 1 aliphatic rings. The molecule has 4 aromatic rings. The molecule has 0 spiro atoms. The van der Waals surface area contributed by atoms with Gasteiger partial charge in [-0.05, 0) is 24.6 Å². The van der Waals surface area contributed by atoms with Gasteiger partial charge in [0.15, 0.2) is 5.17 Å². The molecule has 0 aliphatic carbocycles. The molecule has 2 amide bonds. The predicted molar refractivity (Wildman–Crippen MR) is 134 cm³/mol. The van der Waals surface area contributed by atoms with E-state index in [0.717, 1.165) is 39.5 Å². The maximum Gasteiger partial charge on any atom is 0.261 e. The number of benzene rings is 2. The Morgan fingerprint density at radius 1 is 1.03 bits per heavy atom. The lowest BCUT2D eigenvalue weighted by molar-refractivity contribution is -0.122. The predicted octanol–water partition coefficient (Wildman–Crippen LogP) is 3.72. The van der Waals surface area contributed by atoms with Crippen LogP contribution in [0.4, 0.5) is 0 Å². The van der Waals surface area contributed by atoms with Crippen molar-refractivity contribution in [2.45, 2.75) is 13.0 Å². The fraction of sp³-hybridized carbons (Fsp3) is 0.160. The van der Waals surface area contributed by atoms with Gasteiger partial charge in [0.2, 0.25) is 0 Å². The van der Waals surface area contributed by atoms with Crippen molar-refractivity contribution in [1.82, 2.24) is 14.5 Å². The summed E-state index contributed by atoms with van der Waals surface area (Å²) in [5, 5.41) is 11.9. The van der Waals surface area contributed by atoms with Crippen LogP contribution in [-0.4, -0.2) is 31.9 Å². The summed E-state index contributed by atoms with van der Waals surface area (Å²) in [5.74, 6) is -0.0223. The van der Waals surface area contributed by atoms with E-state index in [1.165, 1.54) is 11.8 Å². The molecule has 3 heterocycles. The fourth-order valence-electron chi connectivity index (χ4n) is 4.53. The Morgan fingerprint density at radius 2 is 1.73 bits per heavy atom. The van der Waals surface area contributed by atoms with Crippen LogP contribution in [0.3, 0.4) is 0 Å². The zero-order valence-electron chi connectivity index (χ0n) is 18.1. The summed E-state index contributed by atoms with van der Waals surface area (Å²) in [5.41, 5.74) is 9.69. The second kappa shape index (κ2) is 8.29. The summed E-state index contributed by atoms with van der Waals surface area (Å²) in [6, 6.07) is 17.8. The highest BCUT2D eigenvalue weighted by molar-refractivity contribution is 8.13. The molecule has 0 fully saturated rings. The van der Waals surface area contributed by atoms with E-state index in [1.54, 1.807) is 0 Å². The smallest absolute Gasteiger partial charge is 0.261 e. The van der Waals surface area contributed by atoms with Crippen LogP contribution in [0.15, 0.2) is 60.8 Å². The number of imide groups is 1. The fourth-order valence-corrected chi connectivity index (χ4v) is 5.03. The van der Waals surface area contributed by atoms with Gasteiger partial charge in [-0.3, -0.25) is 20.3 Å². The first-order valence-corrected chi connectivity index (χ1v) is 11.6. The van der Waals surface area contributed by atoms with Crippen molar-refractivity contribution in [2.75, 3.05) is 5.75 Å². The van der Waals surface area contributed by atoms with Crippen LogP contribution in [0, 0.1) is 5.41 Å². The van der Waals surface area contributed by atoms with Crippen molar-refractivity contribution >= 4 is 61.7 Å². The number of nitrogens with zero attached hydrogens (tertiary/aromatic N) is 2. The second-order valence-corrected chi connectivity index (χ2v) is 9.14. The molecule has 7 nitrogen and oxygen atoms in total. The molecule has 5 rings (SSSR count). The summed E-state index contributed by atoms with van der Waals surface area (Å²) in [7, 11) is 1.91. The van der Waals surface area contributed by atoms with Gasteiger partial charge in [-0.25, -0.2) is 0 Å². The van der Waals surface area contributed by atoms with E-state index >= 15 is 0 Å². The SMILES string of the molecule is Cn1c(C2=C(c3cn(CCCSC(=N)N)c4ccccc34)C(=O)NC2=O)cc2ccccc21. The molecule has 33 heavy (non-hydrogen) atoms. The van der Waals surface area contributed by atoms with Gasteiger partial charge in [0.05, 0.1) is 16.8 Å². The number of amides is 2. The quantitative estimate of drug-likeness (QED) is 0.178. The summed E-state index contributed by atoms with van der Waals surface area (Å²) in [6.45, 7) is 0.715. The van der Waals surface area contributed by atoms with Crippen LogP contribution < -0.4 is 11.1 Å². The molecule has 0 atom stereocenters. The monoisotopic (exact) mass is 457 g/mol. The molecule has 1 aliphatic heterocycles. The number of hydrogen-bond donors (Lipinski definition) is 3. The molecule has 4 N–H and O–H groups in total. The van der Waals surface area contributed by atoms with Crippen LogP contribution in [0.5, 0.6) is 0 Å². The zero-order valence-corrected chi connectivity index (χ0v) is 18.9. The van der Waals surface area contributed by atoms with Crippen molar-refractivity contribution < 1.29 is 9.59 Å². The average molecular weight is 458 g/mol. The number of amidine groups is 1. The minimum absolute atomic E-state index is 0.110. The van der Waals surface area contributed by atoms with E-state index < -0.39 is 0 Å². The first-order chi connectivity index (χ1) is 16.0. The third-order valence-electron chi connectivity index (χ3n) is 6.00. The third-order valence-corrected chi connectivity index (χ3v) is 6.80. The lowest BCUT2D eigenvalue weighted by Crippen LogP contribution is -2.23. The Hall–Kier alpha value is -3.78. The Balaban J connectivity index is 1.66. The first-order valence-electron chi connectivity index (χ1n) is 10.7. The van der Waals surface area contributed by atoms with E-state index in [2.05, 4.69) is 9.88 Å². The van der Waals surface area contributed by atoms with Gasteiger partial charge in [-0.1, -0.05) is 48.2 Å². The number of rotatable bonds is 6.